The van der Waals surface area contributed by atoms with Crippen LogP contribution in [-0.2, 0) is 14.9 Å². The van der Waals surface area contributed by atoms with Gasteiger partial charge in [0, 0.05) is 5.41 Å². The summed E-state index contributed by atoms with van der Waals surface area (Å²) in [6.45, 7) is 8.02. The topological polar surface area (TPSA) is 64.6 Å². The fourth-order valence-electron chi connectivity index (χ4n) is 3.44. The molecule has 3 aromatic rings. The number of hydrogen-bond donors (Lipinski definition) is 1. The van der Waals surface area contributed by atoms with Crippen molar-refractivity contribution in [1.82, 2.24) is 0 Å². The molecule has 0 radical (unpaired) electrons. The maximum Gasteiger partial charge on any atom is 0.340 e. The number of anilines is 1. The lowest BCUT2D eigenvalue weighted by Crippen LogP contribution is -2.30. The molecule has 0 fully saturated rings. The number of rotatable bonds is 8. The van der Waals surface area contributed by atoms with Crippen molar-refractivity contribution in [2.75, 3.05) is 11.9 Å². The van der Waals surface area contributed by atoms with Gasteiger partial charge < -0.3 is 14.8 Å². The highest BCUT2D eigenvalue weighted by Crippen LogP contribution is 2.32. The Morgan fingerprint density at radius 1 is 0.875 bits per heavy atom. The van der Waals surface area contributed by atoms with E-state index in [4.69, 9.17) is 9.47 Å². The summed E-state index contributed by atoms with van der Waals surface area (Å²) in [5.41, 5.74) is 2.92. The summed E-state index contributed by atoms with van der Waals surface area (Å²) in [4.78, 5) is 24.8. The molecule has 166 valence electrons. The lowest BCUT2D eigenvalue weighted by molar-refractivity contribution is -0.122. The number of hydrogen-bond acceptors (Lipinski definition) is 4. The van der Waals surface area contributed by atoms with Gasteiger partial charge >= 0.3 is 5.97 Å². The van der Waals surface area contributed by atoms with Gasteiger partial charge in [0.25, 0.3) is 5.91 Å². The molecule has 5 nitrogen and oxygen atoms in total. The van der Waals surface area contributed by atoms with Gasteiger partial charge in [-0.2, -0.15) is 0 Å². The van der Waals surface area contributed by atoms with Crippen LogP contribution in [0.1, 0.15) is 49.2 Å². The average Bonchev–Trinajstić information content (AvgIpc) is 2.80. The zero-order valence-corrected chi connectivity index (χ0v) is 18.9. The molecule has 3 rings (SSSR count). The Morgan fingerprint density at radius 3 is 2.12 bits per heavy atom. The first-order valence-corrected chi connectivity index (χ1v) is 10.7. The van der Waals surface area contributed by atoms with E-state index in [0.717, 1.165) is 5.56 Å². The van der Waals surface area contributed by atoms with Crippen LogP contribution >= 0.6 is 0 Å². The molecule has 0 aliphatic heterocycles. The zero-order valence-electron chi connectivity index (χ0n) is 18.9. The fraction of sp³-hybridized carbons (Fsp3) is 0.259. The highest BCUT2D eigenvalue weighted by atomic mass is 16.5. The molecule has 0 aliphatic carbocycles. The molecular formula is C27H29NO4. The number of ether oxygens (including phenoxy) is 2. The van der Waals surface area contributed by atoms with Crippen LogP contribution in [0.25, 0.3) is 0 Å². The van der Waals surface area contributed by atoms with Crippen molar-refractivity contribution in [3.05, 3.63) is 95.6 Å². The number of esters is 1. The highest BCUT2D eigenvalue weighted by Gasteiger charge is 2.23. The lowest BCUT2D eigenvalue weighted by atomic mass is 9.78. The first-order chi connectivity index (χ1) is 15.3. The summed E-state index contributed by atoms with van der Waals surface area (Å²) in [5.74, 6) is -0.233. The van der Waals surface area contributed by atoms with Gasteiger partial charge in [0.05, 0.1) is 17.9 Å². The van der Waals surface area contributed by atoms with E-state index in [1.807, 2.05) is 42.5 Å². The second-order valence-electron chi connectivity index (χ2n) is 8.03. The largest absolute Gasteiger partial charge is 0.481 e. The second-order valence-corrected chi connectivity index (χ2v) is 8.03. The van der Waals surface area contributed by atoms with Crippen LogP contribution in [0.2, 0.25) is 0 Å². The van der Waals surface area contributed by atoms with Crippen molar-refractivity contribution < 1.29 is 19.1 Å². The molecular weight excluding hydrogens is 402 g/mol. The Balaban J connectivity index is 1.67. The SMILES string of the molecule is CCOC(=O)c1ccccc1NC(=O)C(C)Oc1ccc(C(C)(C)c2ccccc2)cc1. The minimum Gasteiger partial charge on any atom is -0.481 e. The predicted molar refractivity (Wildman–Crippen MR) is 126 cm³/mol. The quantitative estimate of drug-likeness (QED) is 0.472. The molecule has 0 aromatic heterocycles. The van der Waals surface area contributed by atoms with E-state index in [1.165, 1.54) is 5.56 Å². The maximum absolute atomic E-state index is 12.7. The van der Waals surface area contributed by atoms with Crippen LogP contribution in [-0.4, -0.2) is 24.6 Å². The van der Waals surface area contributed by atoms with E-state index in [1.54, 1.807) is 38.1 Å². The summed E-state index contributed by atoms with van der Waals surface area (Å²) in [6.07, 6.45) is -0.752. The van der Waals surface area contributed by atoms with Crippen molar-refractivity contribution >= 4 is 17.6 Å². The molecule has 0 spiro atoms. The molecule has 0 saturated heterocycles. The molecule has 0 heterocycles. The standard InChI is InChI=1S/C27H29NO4/c1-5-31-26(30)23-13-9-10-14-24(23)28-25(29)19(2)32-22-17-15-21(16-18-22)27(3,4)20-11-7-6-8-12-20/h6-19H,5H2,1-4H3,(H,28,29). The van der Waals surface area contributed by atoms with Gasteiger partial charge in [0.1, 0.15) is 5.75 Å². The van der Waals surface area contributed by atoms with Crippen LogP contribution in [0.3, 0.4) is 0 Å². The van der Waals surface area contributed by atoms with Gasteiger partial charge in [-0.1, -0.05) is 68.4 Å². The van der Waals surface area contributed by atoms with Crippen molar-refractivity contribution in [1.29, 1.82) is 0 Å². The van der Waals surface area contributed by atoms with E-state index in [0.29, 0.717) is 17.0 Å². The molecule has 1 atom stereocenters. The summed E-state index contributed by atoms with van der Waals surface area (Å²) in [5, 5.41) is 2.76. The molecule has 32 heavy (non-hydrogen) atoms. The molecule has 1 N–H and O–H groups in total. The number of carbonyl (C=O) groups is 2. The number of carbonyl (C=O) groups excluding carboxylic acids is 2. The Bertz CT molecular complexity index is 1060. The molecule has 1 unspecified atom stereocenters. The number of benzene rings is 3. The Kier molecular flexibility index (Phi) is 7.31. The number of amides is 1. The van der Waals surface area contributed by atoms with E-state index in [9.17, 15) is 9.59 Å². The van der Waals surface area contributed by atoms with Gasteiger partial charge in [-0.3, -0.25) is 4.79 Å². The molecule has 0 bridgehead atoms. The highest BCUT2D eigenvalue weighted by molar-refractivity contribution is 6.02. The van der Waals surface area contributed by atoms with Crippen LogP contribution in [0.5, 0.6) is 5.75 Å². The van der Waals surface area contributed by atoms with Gasteiger partial charge in [-0.15, -0.1) is 0 Å². The van der Waals surface area contributed by atoms with Gasteiger partial charge in [-0.25, -0.2) is 4.79 Å². The Morgan fingerprint density at radius 2 is 1.47 bits per heavy atom. The molecule has 0 saturated carbocycles. The third kappa shape index (κ3) is 5.35. The van der Waals surface area contributed by atoms with E-state index < -0.39 is 12.1 Å². The third-order valence-electron chi connectivity index (χ3n) is 5.43. The van der Waals surface area contributed by atoms with Crippen LogP contribution < -0.4 is 10.1 Å². The van der Waals surface area contributed by atoms with E-state index in [-0.39, 0.29) is 17.9 Å². The lowest BCUT2D eigenvalue weighted by Gasteiger charge is -2.26. The van der Waals surface area contributed by atoms with Gasteiger partial charge in [0.2, 0.25) is 0 Å². The van der Waals surface area contributed by atoms with Crippen molar-refractivity contribution in [2.45, 2.75) is 39.2 Å². The van der Waals surface area contributed by atoms with Gasteiger partial charge in [0.15, 0.2) is 6.10 Å². The molecule has 5 heteroatoms. The fourth-order valence-corrected chi connectivity index (χ4v) is 3.44. The van der Waals surface area contributed by atoms with Crippen LogP contribution in [0, 0.1) is 0 Å². The Labute approximate surface area is 189 Å². The smallest absolute Gasteiger partial charge is 0.340 e. The molecule has 1 amide bonds. The molecule has 3 aromatic carbocycles. The second kappa shape index (κ2) is 10.1. The van der Waals surface area contributed by atoms with Gasteiger partial charge in [-0.05, 0) is 49.2 Å². The summed E-state index contributed by atoms with van der Waals surface area (Å²) in [7, 11) is 0. The average molecular weight is 432 g/mol. The van der Waals surface area contributed by atoms with Crippen molar-refractivity contribution in [2.24, 2.45) is 0 Å². The predicted octanol–water partition coefficient (Wildman–Crippen LogP) is 5.60. The number of para-hydroxylation sites is 1. The first-order valence-electron chi connectivity index (χ1n) is 10.7. The van der Waals surface area contributed by atoms with Crippen molar-refractivity contribution in [3.8, 4) is 5.75 Å². The maximum atomic E-state index is 12.7. The number of nitrogens with one attached hydrogen (secondary N) is 1. The van der Waals surface area contributed by atoms with Crippen LogP contribution in [0.4, 0.5) is 5.69 Å². The summed E-state index contributed by atoms with van der Waals surface area (Å²) >= 11 is 0. The third-order valence-corrected chi connectivity index (χ3v) is 5.43. The minimum absolute atomic E-state index is 0.153. The monoisotopic (exact) mass is 431 g/mol. The van der Waals surface area contributed by atoms with E-state index >= 15 is 0 Å². The van der Waals surface area contributed by atoms with Crippen molar-refractivity contribution in [3.63, 3.8) is 0 Å². The zero-order chi connectivity index (χ0) is 23.1. The van der Waals surface area contributed by atoms with E-state index in [2.05, 4.69) is 31.3 Å². The summed E-state index contributed by atoms with van der Waals surface area (Å²) < 4.78 is 10.9. The molecule has 0 aliphatic rings. The first kappa shape index (κ1) is 23.1. The summed E-state index contributed by atoms with van der Waals surface area (Å²) in [6, 6.07) is 24.8. The minimum atomic E-state index is -0.752. The Hall–Kier alpha value is -3.60. The normalized spacial score (nSPS) is 12.0. The van der Waals surface area contributed by atoms with Crippen LogP contribution in [0.15, 0.2) is 78.9 Å².